The van der Waals surface area contributed by atoms with Gasteiger partial charge in [-0.15, -0.1) is 5.10 Å². The fraction of sp³-hybridized carbons (Fsp3) is 0.148. The summed E-state index contributed by atoms with van der Waals surface area (Å²) in [5.74, 6) is 0.556. The Labute approximate surface area is 207 Å². The third-order valence-corrected chi connectivity index (χ3v) is 6.43. The van der Waals surface area contributed by atoms with Crippen molar-refractivity contribution in [3.8, 4) is 17.0 Å². The van der Waals surface area contributed by atoms with Gasteiger partial charge in [0, 0.05) is 61.7 Å². The van der Waals surface area contributed by atoms with E-state index in [4.69, 9.17) is 4.74 Å². The smallest absolute Gasteiger partial charge is 0.212 e. The van der Waals surface area contributed by atoms with Crippen LogP contribution >= 0.6 is 0 Å². The van der Waals surface area contributed by atoms with Crippen LogP contribution in [0.3, 0.4) is 0 Å². The number of aromatic nitrogens is 7. The van der Waals surface area contributed by atoms with Gasteiger partial charge in [0.05, 0.1) is 36.1 Å². The first kappa shape index (κ1) is 21.7. The molecule has 9 nitrogen and oxygen atoms in total. The first-order valence-electron chi connectivity index (χ1n) is 11.5. The Hall–Kier alpha value is -4.79. The van der Waals surface area contributed by atoms with E-state index in [0.29, 0.717) is 5.88 Å². The van der Waals surface area contributed by atoms with E-state index in [1.807, 2.05) is 25.2 Å². The SMILES string of the molecule is COc1ccc([C@@H](Nc2cc(-c3ccc4ccn(C)c4c3)c3nccnc3c2)c2cnnn2C)cn1. The van der Waals surface area contributed by atoms with Gasteiger partial charge in [0.25, 0.3) is 0 Å². The second kappa shape index (κ2) is 8.77. The zero-order valence-corrected chi connectivity index (χ0v) is 20.1. The number of anilines is 1. The molecule has 4 aromatic heterocycles. The molecule has 0 unspecified atom stereocenters. The van der Waals surface area contributed by atoms with Crippen LogP contribution in [0.2, 0.25) is 0 Å². The molecule has 0 aliphatic heterocycles. The molecule has 178 valence electrons. The summed E-state index contributed by atoms with van der Waals surface area (Å²) in [6.45, 7) is 0. The molecule has 0 bridgehead atoms. The molecule has 0 fully saturated rings. The first-order chi connectivity index (χ1) is 17.6. The molecule has 0 amide bonds. The number of fused-ring (bicyclic) bond motifs is 2. The summed E-state index contributed by atoms with van der Waals surface area (Å²) in [5, 5.41) is 13.1. The molecule has 0 saturated carbocycles. The number of benzene rings is 2. The van der Waals surface area contributed by atoms with Gasteiger partial charge in [-0.2, -0.15) is 0 Å². The van der Waals surface area contributed by atoms with Crippen molar-refractivity contribution in [1.82, 2.24) is 34.5 Å². The van der Waals surface area contributed by atoms with E-state index in [2.05, 4.69) is 78.7 Å². The Morgan fingerprint density at radius 1 is 0.917 bits per heavy atom. The summed E-state index contributed by atoms with van der Waals surface area (Å²) < 4.78 is 9.13. The number of methoxy groups -OCH3 is 1. The van der Waals surface area contributed by atoms with E-state index in [9.17, 15) is 0 Å². The van der Waals surface area contributed by atoms with Crippen molar-refractivity contribution in [3.05, 3.63) is 90.8 Å². The van der Waals surface area contributed by atoms with E-state index < -0.39 is 0 Å². The molecule has 2 aromatic carbocycles. The minimum atomic E-state index is -0.249. The number of nitrogens with one attached hydrogen (secondary N) is 1. The Kier molecular flexibility index (Phi) is 5.29. The van der Waals surface area contributed by atoms with E-state index in [1.165, 1.54) is 5.39 Å². The van der Waals surface area contributed by atoms with E-state index in [1.54, 1.807) is 36.6 Å². The molecule has 0 aliphatic carbocycles. The van der Waals surface area contributed by atoms with Gasteiger partial charge in [-0.05, 0) is 46.8 Å². The maximum absolute atomic E-state index is 5.25. The zero-order valence-electron chi connectivity index (χ0n) is 20.1. The largest absolute Gasteiger partial charge is 0.481 e. The molecule has 1 atom stereocenters. The number of pyridine rings is 1. The highest BCUT2D eigenvalue weighted by atomic mass is 16.5. The van der Waals surface area contributed by atoms with Crippen molar-refractivity contribution < 1.29 is 4.74 Å². The highest BCUT2D eigenvalue weighted by molar-refractivity contribution is 5.97. The second-order valence-electron chi connectivity index (χ2n) is 8.64. The maximum atomic E-state index is 5.25. The van der Waals surface area contributed by atoms with Crippen LogP contribution in [0, 0.1) is 0 Å². The summed E-state index contributed by atoms with van der Waals surface area (Å²) >= 11 is 0. The van der Waals surface area contributed by atoms with Crippen LogP contribution < -0.4 is 10.1 Å². The van der Waals surface area contributed by atoms with Crippen molar-refractivity contribution in [3.63, 3.8) is 0 Å². The van der Waals surface area contributed by atoms with Gasteiger partial charge in [-0.3, -0.25) is 9.97 Å². The number of aryl methyl sites for hydroxylation is 2. The van der Waals surface area contributed by atoms with Crippen LogP contribution in [0.4, 0.5) is 5.69 Å². The molecule has 6 aromatic rings. The predicted molar refractivity (Wildman–Crippen MR) is 139 cm³/mol. The van der Waals surface area contributed by atoms with Crippen molar-refractivity contribution in [1.29, 1.82) is 0 Å². The molecule has 0 spiro atoms. The summed E-state index contributed by atoms with van der Waals surface area (Å²) in [5.41, 5.74) is 7.63. The maximum Gasteiger partial charge on any atom is 0.212 e. The fourth-order valence-electron chi connectivity index (χ4n) is 4.55. The number of rotatable bonds is 6. The summed E-state index contributed by atoms with van der Waals surface area (Å²) in [7, 11) is 5.53. The van der Waals surface area contributed by atoms with Gasteiger partial charge in [-0.1, -0.05) is 17.3 Å². The number of nitrogens with zero attached hydrogens (tertiary/aromatic N) is 7. The Morgan fingerprint density at radius 2 is 1.81 bits per heavy atom. The highest BCUT2D eigenvalue weighted by Crippen LogP contribution is 2.34. The lowest BCUT2D eigenvalue weighted by Gasteiger charge is -2.21. The second-order valence-corrected chi connectivity index (χ2v) is 8.64. The third-order valence-electron chi connectivity index (χ3n) is 6.43. The molecule has 1 N–H and O–H groups in total. The molecule has 0 radical (unpaired) electrons. The van der Waals surface area contributed by atoms with Crippen LogP contribution in [-0.2, 0) is 14.1 Å². The lowest BCUT2D eigenvalue weighted by molar-refractivity contribution is 0.397. The van der Waals surface area contributed by atoms with Gasteiger partial charge in [0.15, 0.2) is 0 Å². The molecule has 9 heteroatoms. The Morgan fingerprint density at radius 3 is 2.58 bits per heavy atom. The van der Waals surface area contributed by atoms with Gasteiger partial charge >= 0.3 is 0 Å². The Bertz CT molecular complexity index is 1690. The molecule has 0 saturated heterocycles. The van der Waals surface area contributed by atoms with E-state index >= 15 is 0 Å². The summed E-state index contributed by atoms with van der Waals surface area (Å²) in [4.78, 5) is 13.7. The first-order valence-corrected chi connectivity index (χ1v) is 11.5. The van der Waals surface area contributed by atoms with Crippen LogP contribution in [0.25, 0.3) is 33.1 Å². The minimum Gasteiger partial charge on any atom is -0.481 e. The molecule has 4 heterocycles. The quantitative estimate of drug-likeness (QED) is 0.378. The van der Waals surface area contributed by atoms with Crippen molar-refractivity contribution in [2.75, 3.05) is 12.4 Å². The Balaban J connectivity index is 1.48. The monoisotopic (exact) mass is 476 g/mol. The minimum absolute atomic E-state index is 0.249. The van der Waals surface area contributed by atoms with Gasteiger partial charge in [0.2, 0.25) is 5.88 Å². The van der Waals surface area contributed by atoms with E-state index in [-0.39, 0.29) is 6.04 Å². The standard InChI is InChI=1S/C27H24N8O/c1-34-11-8-17-4-5-18(12-23(17)34)21-13-20(14-22-27(21)29-10-9-28-22)32-26(24-16-31-33-35(24)2)19-6-7-25(36-3)30-15-19/h4-16,26,32H,1-3H3/t26-/m1/s1. The number of hydrogen-bond donors (Lipinski definition) is 1. The van der Waals surface area contributed by atoms with Gasteiger partial charge in [-0.25, -0.2) is 9.67 Å². The number of ether oxygens (including phenoxy) is 1. The van der Waals surface area contributed by atoms with Crippen LogP contribution in [0.5, 0.6) is 5.88 Å². The third kappa shape index (κ3) is 3.80. The average Bonchev–Trinajstić information content (AvgIpc) is 3.51. The van der Waals surface area contributed by atoms with Crippen molar-refractivity contribution >= 4 is 27.6 Å². The normalized spacial score (nSPS) is 12.2. The molecular formula is C27H24N8O. The molecule has 0 aliphatic rings. The molecule has 6 rings (SSSR count). The van der Waals surface area contributed by atoms with Crippen LogP contribution in [0.1, 0.15) is 17.3 Å². The topological polar surface area (TPSA) is 95.6 Å². The van der Waals surface area contributed by atoms with Crippen LogP contribution in [0.15, 0.2) is 79.5 Å². The van der Waals surface area contributed by atoms with Gasteiger partial charge in [0.1, 0.15) is 0 Å². The van der Waals surface area contributed by atoms with Crippen molar-refractivity contribution in [2.45, 2.75) is 6.04 Å². The predicted octanol–water partition coefficient (Wildman–Crippen LogP) is 4.52. The lowest BCUT2D eigenvalue weighted by atomic mass is 10.0. The van der Waals surface area contributed by atoms with Crippen molar-refractivity contribution in [2.24, 2.45) is 14.1 Å². The van der Waals surface area contributed by atoms with E-state index in [0.717, 1.165) is 44.6 Å². The molecular weight excluding hydrogens is 452 g/mol. The fourth-order valence-corrected chi connectivity index (χ4v) is 4.55. The zero-order chi connectivity index (χ0) is 24.6. The van der Waals surface area contributed by atoms with Gasteiger partial charge < -0.3 is 14.6 Å². The highest BCUT2D eigenvalue weighted by Gasteiger charge is 2.20. The lowest BCUT2D eigenvalue weighted by Crippen LogP contribution is -2.16. The number of hydrogen-bond acceptors (Lipinski definition) is 7. The average molecular weight is 477 g/mol. The summed E-state index contributed by atoms with van der Waals surface area (Å²) in [6.07, 6.45) is 9.07. The van der Waals surface area contributed by atoms with Crippen LogP contribution in [-0.4, -0.2) is 41.6 Å². The summed E-state index contributed by atoms with van der Waals surface area (Å²) in [6, 6.07) is 16.3. The molecule has 36 heavy (non-hydrogen) atoms.